The van der Waals surface area contributed by atoms with Crippen LogP contribution in [0.25, 0.3) is 0 Å². The zero-order chi connectivity index (χ0) is 12.3. The van der Waals surface area contributed by atoms with Crippen LogP contribution in [-0.2, 0) is 6.54 Å². The molecule has 0 bridgehead atoms. The predicted octanol–water partition coefficient (Wildman–Crippen LogP) is 3.73. The summed E-state index contributed by atoms with van der Waals surface area (Å²) in [5.74, 6) is 1.02. The summed E-state index contributed by atoms with van der Waals surface area (Å²) in [6, 6.07) is 11.1. The van der Waals surface area contributed by atoms with Gasteiger partial charge in [-0.25, -0.2) is 0 Å². The maximum absolute atomic E-state index is 8.63. The van der Waals surface area contributed by atoms with E-state index < -0.39 is 0 Å². The van der Waals surface area contributed by atoms with Gasteiger partial charge in [0.1, 0.15) is 11.8 Å². The molecule has 0 aliphatic rings. The van der Waals surface area contributed by atoms with Crippen molar-refractivity contribution in [3.63, 3.8) is 0 Å². The van der Waals surface area contributed by atoms with E-state index in [4.69, 9.17) is 21.3 Å². The van der Waals surface area contributed by atoms with Gasteiger partial charge in [-0.2, -0.15) is 5.26 Å². The Labute approximate surface area is 105 Å². The first-order valence-corrected chi connectivity index (χ1v) is 5.55. The van der Waals surface area contributed by atoms with Gasteiger partial charge in [-0.05, 0) is 36.8 Å². The Hall–Kier alpha value is -1.92. The Bertz CT molecular complexity index is 569. The second-order valence-corrected chi connectivity index (χ2v) is 4.12. The molecule has 17 heavy (non-hydrogen) atoms. The van der Waals surface area contributed by atoms with Gasteiger partial charge in [0.05, 0.1) is 17.3 Å². The largest absolute Gasteiger partial charge is 0.449 e. The SMILES string of the molecule is Cc1ccc(Cl)c(NCc2ccc(C#N)o2)c1. The summed E-state index contributed by atoms with van der Waals surface area (Å²) in [5, 5.41) is 12.5. The summed E-state index contributed by atoms with van der Waals surface area (Å²) >= 11 is 6.05. The molecule has 0 amide bonds. The van der Waals surface area contributed by atoms with Gasteiger partial charge in [0.25, 0.3) is 0 Å². The minimum atomic E-state index is 0.317. The first-order chi connectivity index (χ1) is 8.19. The molecule has 1 aromatic heterocycles. The van der Waals surface area contributed by atoms with Crippen molar-refractivity contribution in [3.05, 3.63) is 52.4 Å². The summed E-state index contributed by atoms with van der Waals surface area (Å²) in [4.78, 5) is 0. The highest BCUT2D eigenvalue weighted by Gasteiger charge is 2.03. The number of nitrogens with one attached hydrogen (secondary N) is 1. The summed E-state index contributed by atoms with van der Waals surface area (Å²) in [6.07, 6.45) is 0. The molecule has 4 heteroatoms. The molecule has 0 saturated heterocycles. The maximum Gasteiger partial charge on any atom is 0.203 e. The lowest BCUT2D eigenvalue weighted by atomic mass is 10.2. The number of nitrogens with zero attached hydrogens (tertiary/aromatic N) is 1. The number of benzene rings is 1. The van der Waals surface area contributed by atoms with Crippen LogP contribution < -0.4 is 5.32 Å². The van der Waals surface area contributed by atoms with Gasteiger partial charge in [0.15, 0.2) is 0 Å². The first-order valence-electron chi connectivity index (χ1n) is 5.18. The van der Waals surface area contributed by atoms with Crippen LogP contribution in [-0.4, -0.2) is 0 Å². The third-order valence-electron chi connectivity index (χ3n) is 2.35. The van der Waals surface area contributed by atoms with Crippen molar-refractivity contribution in [1.82, 2.24) is 0 Å². The van der Waals surface area contributed by atoms with Crippen LogP contribution in [0.1, 0.15) is 17.1 Å². The fourth-order valence-corrected chi connectivity index (χ4v) is 1.67. The van der Waals surface area contributed by atoms with E-state index in [9.17, 15) is 0 Å². The van der Waals surface area contributed by atoms with E-state index >= 15 is 0 Å². The average Bonchev–Trinajstić information content (AvgIpc) is 2.78. The molecule has 0 fully saturated rings. The highest BCUT2D eigenvalue weighted by atomic mass is 35.5. The van der Waals surface area contributed by atoms with Crippen molar-refractivity contribution in [3.8, 4) is 6.07 Å². The van der Waals surface area contributed by atoms with Crippen molar-refractivity contribution < 1.29 is 4.42 Å². The lowest BCUT2D eigenvalue weighted by Crippen LogP contribution is -1.98. The van der Waals surface area contributed by atoms with Crippen LogP contribution in [0.2, 0.25) is 5.02 Å². The van der Waals surface area contributed by atoms with Crippen molar-refractivity contribution in [2.24, 2.45) is 0 Å². The predicted molar refractivity (Wildman–Crippen MR) is 66.9 cm³/mol. The average molecular weight is 247 g/mol. The van der Waals surface area contributed by atoms with Crippen molar-refractivity contribution in [1.29, 1.82) is 5.26 Å². The zero-order valence-electron chi connectivity index (χ0n) is 9.33. The molecule has 0 spiro atoms. The minimum Gasteiger partial charge on any atom is -0.449 e. The van der Waals surface area contributed by atoms with Crippen LogP contribution in [0.4, 0.5) is 5.69 Å². The van der Waals surface area contributed by atoms with E-state index in [2.05, 4.69) is 5.32 Å². The van der Waals surface area contributed by atoms with E-state index in [1.54, 1.807) is 12.1 Å². The monoisotopic (exact) mass is 246 g/mol. The Balaban J connectivity index is 2.07. The van der Waals surface area contributed by atoms with Crippen molar-refractivity contribution in [2.75, 3.05) is 5.32 Å². The third-order valence-corrected chi connectivity index (χ3v) is 2.68. The van der Waals surface area contributed by atoms with E-state index in [1.807, 2.05) is 31.2 Å². The molecular formula is C13H11ClN2O. The van der Waals surface area contributed by atoms with Gasteiger partial charge < -0.3 is 9.73 Å². The second kappa shape index (κ2) is 4.94. The lowest BCUT2D eigenvalue weighted by molar-refractivity contribution is 0.506. The molecule has 0 radical (unpaired) electrons. The van der Waals surface area contributed by atoms with Crippen LogP contribution >= 0.6 is 11.6 Å². The molecule has 2 aromatic rings. The zero-order valence-corrected chi connectivity index (χ0v) is 10.1. The van der Waals surface area contributed by atoms with Gasteiger partial charge in [0, 0.05) is 0 Å². The fourth-order valence-electron chi connectivity index (χ4n) is 1.49. The van der Waals surface area contributed by atoms with E-state index in [1.165, 1.54) is 0 Å². The standard InChI is InChI=1S/C13H11ClN2O/c1-9-2-5-12(14)13(6-9)16-8-11-4-3-10(7-15)17-11/h2-6,16H,8H2,1H3. The number of nitriles is 1. The number of hydrogen-bond acceptors (Lipinski definition) is 3. The Morgan fingerprint density at radius 2 is 2.18 bits per heavy atom. The van der Waals surface area contributed by atoms with Gasteiger partial charge in [-0.3, -0.25) is 0 Å². The van der Waals surface area contributed by atoms with Crippen molar-refractivity contribution >= 4 is 17.3 Å². The smallest absolute Gasteiger partial charge is 0.203 e. The number of hydrogen-bond donors (Lipinski definition) is 1. The number of furan rings is 1. The molecule has 1 aromatic carbocycles. The molecule has 0 atom stereocenters. The van der Waals surface area contributed by atoms with E-state index in [-0.39, 0.29) is 0 Å². The number of rotatable bonds is 3. The van der Waals surface area contributed by atoms with Crippen LogP contribution in [0.3, 0.4) is 0 Å². The Kier molecular flexibility index (Phi) is 3.36. The second-order valence-electron chi connectivity index (χ2n) is 3.71. The molecule has 0 aliphatic carbocycles. The third kappa shape index (κ3) is 2.80. The molecule has 0 saturated carbocycles. The molecule has 1 heterocycles. The summed E-state index contributed by atoms with van der Waals surface area (Å²) in [5.41, 5.74) is 2.00. The topological polar surface area (TPSA) is 49.0 Å². The van der Waals surface area contributed by atoms with E-state index in [0.717, 1.165) is 11.3 Å². The molecular weight excluding hydrogens is 236 g/mol. The number of halogens is 1. The van der Waals surface area contributed by atoms with Crippen molar-refractivity contribution in [2.45, 2.75) is 13.5 Å². The summed E-state index contributed by atoms with van der Waals surface area (Å²) in [7, 11) is 0. The van der Waals surface area contributed by atoms with Gasteiger partial charge in [-0.1, -0.05) is 17.7 Å². The lowest BCUT2D eigenvalue weighted by Gasteiger charge is -2.07. The summed E-state index contributed by atoms with van der Waals surface area (Å²) < 4.78 is 5.26. The maximum atomic E-state index is 8.63. The Morgan fingerprint density at radius 1 is 1.35 bits per heavy atom. The van der Waals surface area contributed by atoms with Crippen LogP contribution in [0.5, 0.6) is 0 Å². The minimum absolute atomic E-state index is 0.317. The normalized spacial score (nSPS) is 9.94. The van der Waals surface area contributed by atoms with E-state index in [0.29, 0.717) is 23.1 Å². The molecule has 2 rings (SSSR count). The van der Waals surface area contributed by atoms with Crippen LogP contribution in [0, 0.1) is 18.3 Å². The highest BCUT2D eigenvalue weighted by Crippen LogP contribution is 2.23. The number of aryl methyl sites for hydroxylation is 1. The van der Waals surface area contributed by atoms with Gasteiger partial charge >= 0.3 is 0 Å². The van der Waals surface area contributed by atoms with Gasteiger partial charge in [0.2, 0.25) is 5.76 Å². The highest BCUT2D eigenvalue weighted by molar-refractivity contribution is 6.33. The number of anilines is 1. The van der Waals surface area contributed by atoms with Gasteiger partial charge in [-0.15, -0.1) is 0 Å². The fraction of sp³-hybridized carbons (Fsp3) is 0.154. The quantitative estimate of drug-likeness (QED) is 0.898. The molecule has 1 N–H and O–H groups in total. The molecule has 0 unspecified atom stereocenters. The summed E-state index contributed by atoms with van der Waals surface area (Å²) in [6.45, 7) is 2.51. The molecule has 0 aliphatic heterocycles. The molecule has 86 valence electrons. The molecule has 3 nitrogen and oxygen atoms in total. The van der Waals surface area contributed by atoms with Crippen LogP contribution in [0.15, 0.2) is 34.7 Å². The Morgan fingerprint density at radius 3 is 2.88 bits per heavy atom. The first kappa shape index (κ1) is 11.6.